The summed E-state index contributed by atoms with van der Waals surface area (Å²) in [7, 11) is 3.58. The lowest BCUT2D eigenvalue weighted by atomic mass is 10.2. The van der Waals surface area contributed by atoms with Crippen LogP contribution in [0.5, 0.6) is 5.75 Å². The molecule has 1 aromatic carbocycles. The number of para-hydroxylation sites is 2. The first-order chi connectivity index (χ1) is 9.69. The van der Waals surface area contributed by atoms with Crippen molar-refractivity contribution in [3.05, 3.63) is 36.2 Å². The lowest BCUT2D eigenvalue weighted by molar-refractivity contribution is 0.415. The van der Waals surface area contributed by atoms with Gasteiger partial charge < -0.3 is 15.1 Å². The molecule has 20 heavy (non-hydrogen) atoms. The maximum absolute atomic E-state index is 5.45. The number of aryl methyl sites for hydroxylation is 1. The van der Waals surface area contributed by atoms with E-state index in [1.165, 1.54) is 0 Å². The second kappa shape index (κ2) is 6.21. The van der Waals surface area contributed by atoms with E-state index in [-0.39, 0.29) is 0 Å². The van der Waals surface area contributed by atoms with Gasteiger partial charge in [0.25, 0.3) is 0 Å². The number of nitrogen functional groups attached to an aromatic ring is 1. The zero-order valence-corrected chi connectivity index (χ0v) is 11.9. The molecule has 2 aromatic rings. The molecule has 0 spiro atoms. The van der Waals surface area contributed by atoms with Crippen LogP contribution in [0, 0.1) is 0 Å². The Bertz CT molecular complexity index is 565. The third-order valence-corrected chi connectivity index (χ3v) is 3.01. The highest BCUT2D eigenvalue weighted by atomic mass is 16.5. The topological polar surface area (TPSA) is 76.3 Å². The molecular weight excluding hydrogens is 254 g/mol. The van der Waals surface area contributed by atoms with Gasteiger partial charge in [-0.15, -0.1) is 0 Å². The molecule has 1 heterocycles. The van der Waals surface area contributed by atoms with Gasteiger partial charge in [0, 0.05) is 19.5 Å². The number of rotatable bonds is 5. The number of methoxy groups -OCH3 is 1. The van der Waals surface area contributed by atoms with Crippen molar-refractivity contribution in [2.24, 2.45) is 5.84 Å². The van der Waals surface area contributed by atoms with Crippen LogP contribution in [0.1, 0.15) is 12.7 Å². The SMILES string of the molecule is CCc1nc(NN)cc(N(C)c2ccccc2OC)n1. The standard InChI is InChI=1S/C14H19N5O/c1-4-12-16-13(18-15)9-14(17-12)19(2)10-7-5-6-8-11(10)20-3/h5-9H,4,15H2,1-3H3,(H,16,17,18). The first-order valence-electron chi connectivity index (χ1n) is 6.41. The first kappa shape index (κ1) is 14.1. The summed E-state index contributed by atoms with van der Waals surface area (Å²) in [4.78, 5) is 10.7. The number of ether oxygens (including phenoxy) is 1. The van der Waals surface area contributed by atoms with Gasteiger partial charge >= 0.3 is 0 Å². The zero-order chi connectivity index (χ0) is 14.5. The van der Waals surface area contributed by atoms with Crippen LogP contribution >= 0.6 is 0 Å². The van der Waals surface area contributed by atoms with Crippen molar-refractivity contribution in [3.63, 3.8) is 0 Å². The smallest absolute Gasteiger partial charge is 0.145 e. The predicted octanol–water partition coefficient (Wildman–Crippen LogP) is 2.10. The molecule has 0 amide bonds. The van der Waals surface area contributed by atoms with Crippen LogP contribution in [-0.2, 0) is 6.42 Å². The average molecular weight is 273 g/mol. The van der Waals surface area contributed by atoms with Crippen LogP contribution in [0.2, 0.25) is 0 Å². The summed E-state index contributed by atoms with van der Waals surface area (Å²) in [5.41, 5.74) is 3.50. The lowest BCUT2D eigenvalue weighted by Gasteiger charge is -2.21. The van der Waals surface area contributed by atoms with Crippen LogP contribution in [0.3, 0.4) is 0 Å². The van der Waals surface area contributed by atoms with Crippen molar-refractivity contribution in [3.8, 4) is 5.75 Å². The van der Waals surface area contributed by atoms with Gasteiger partial charge in [-0.05, 0) is 12.1 Å². The van der Waals surface area contributed by atoms with E-state index in [0.717, 1.165) is 29.5 Å². The monoisotopic (exact) mass is 273 g/mol. The van der Waals surface area contributed by atoms with E-state index in [9.17, 15) is 0 Å². The van der Waals surface area contributed by atoms with Crippen molar-refractivity contribution < 1.29 is 4.74 Å². The molecule has 106 valence electrons. The molecule has 2 rings (SSSR count). The number of nitrogens with one attached hydrogen (secondary N) is 1. The van der Waals surface area contributed by atoms with Gasteiger partial charge in [0.05, 0.1) is 12.8 Å². The summed E-state index contributed by atoms with van der Waals surface area (Å²) >= 11 is 0. The van der Waals surface area contributed by atoms with Gasteiger partial charge in [-0.1, -0.05) is 19.1 Å². The average Bonchev–Trinajstić information content (AvgIpc) is 2.53. The van der Waals surface area contributed by atoms with E-state index in [1.807, 2.05) is 43.1 Å². The second-order valence-electron chi connectivity index (χ2n) is 4.26. The molecule has 0 aliphatic carbocycles. The van der Waals surface area contributed by atoms with Gasteiger partial charge in [-0.25, -0.2) is 15.8 Å². The Kier molecular flexibility index (Phi) is 4.37. The van der Waals surface area contributed by atoms with Gasteiger partial charge in [-0.3, -0.25) is 0 Å². The third-order valence-electron chi connectivity index (χ3n) is 3.01. The number of benzene rings is 1. The molecule has 0 aliphatic rings. The summed E-state index contributed by atoms with van der Waals surface area (Å²) in [5.74, 6) is 8.32. The molecule has 6 nitrogen and oxygen atoms in total. The summed E-state index contributed by atoms with van der Waals surface area (Å²) < 4.78 is 5.38. The molecule has 0 atom stereocenters. The predicted molar refractivity (Wildman–Crippen MR) is 80.3 cm³/mol. The van der Waals surface area contributed by atoms with Gasteiger partial charge in [0.1, 0.15) is 23.2 Å². The normalized spacial score (nSPS) is 10.2. The van der Waals surface area contributed by atoms with Gasteiger partial charge in [-0.2, -0.15) is 0 Å². The van der Waals surface area contributed by atoms with Crippen LogP contribution in [0.15, 0.2) is 30.3 Å². The highest BCUT2D eigenvalue weighted by Gasteiger charge is 2.12. The Labute approximate surface area is 118 Å². The Morgan fingerprint density at radius 2 is 2.05 bits per heavy atom. The number of aromatic nitrogens is 2. The van der Waals surface area contributed by atoms with E-state index in [0.29, 0.717) is 5.82 Å². The quantitative estimate of drug-likeness (QED) is 0.642. The van der Waals surface area contributed by atoms with E-state index in [2.05, 4.69) is 15.4 Å². The van der Waals surface area contributed by atoms with Crippen molar-refractivity contribution in [1.29, 1.82) is 0 Å². The van der Waals surface area contributed by atoms with E-state index in [1.54, 1.807) is 13.2 Å². The van der Waals surface area contributed by atoms with Crippen molar-refractivity contribution in [2.45, 2.75) is 13.3 Å². The fraction of sp³-hybridized carbons (Fsp3) is 0.286. The molecule has 0 radical (unpaired) electrons. The minimum Gasteiger partial charge on any atom is -0.495 e. The van der Waals surface area contributed by atoms with Crippen LogP contribution in [0.25, 0.3) is 0 Å². The molecule has 0 unspecified atom stereocenters. The second-order valence-corrected chi connectivity index (χ2v) is 4.26. The van der Waals surface area contributed by atoms with Gasteiger partial charge in [0.2, 0.25) is 0 Å². The van der Waals surface area contributed by atoms with Crippen LogP contribution in [-0.4, -0.2) is 24.1 Å². The summed E-state index contributed by atoms with van der Waals surface area (Å²) in [5, 5.41) is 0. The van der Waals surface area contributed by atoms with E-state index in [4.69, 9.17) is 10.6 Å². The maximum atomic E-state index is 5.45. The molecule has 0 fully saturated rings. The first-order valence-corrected chi connectivity index (χ1v) is 6.41. The highest BCUT2D eigenvalue weighted by Crippen LogP contribution is 2.31. The number of nitrogens with zero attached hydrogens (tertiary/aromatic N) is 3. The molecule has 6 heteroatoms. The molecule has 0 bridgehead atoms. The largest absolute Gasteiger partial charge is 0.495 e. The molecular formula is C14H19N5O. The molecule has 0 saturated heterocycles. The lowest BCUT2D eigenvalue weighted by Crippen LogP contribution is -2.16. The Morgan fingerprint density at radius 1 is 1.30 bits per heavy atom. The number of hydrogen-bond donors (Lipinski definition) is 2. The van der Waals surface area contributed by atoms with E-state index >= 15 is 0 Å². The van der Waals surface area contributed by atoms with Crippen LogP contribution < -0.4 is 20.9 Å². The maximum Gasteiger partial charge on any atom is 0.145 e. The zero-order valence-electron chi connectivity index (χ0n) is 11.9. The highest BCUT2D eigenvalue weighted by molar-refractivity contribution is 5.67. The molecule has 1 aromatic heterocycles. The Hall–Kier alpha value is -2.34. The minimum absolute atomic E-state index is 0.591. The Morgan fingerprint density at radius 3 is 2.70 bits per heavy atom. The van der Waals surface area contributed by atoms with Crippen molar-refractivity contribution in [1.82, 2.24) is 9.97 Å². The summed E-state index contributed by atoms with van der Waals surface area (Å²) in [6, 6.07) is 9.57. The summed E-state index contributed by atoms with van der Waals surface area (Å²) in [6.07, 6.45) is 0.738. The number of nitrogens with two attached hydrogens (primary N) is 1. The van der Waals surface area contributed by atoms with Crippen molar-refractivity contribution in [2.75, 3.05) is 24.5 Å². The van der Waals surface area contributed by atoms with Crippen LogP contribution in [0.4, 0.5) is 17.3 Å². The molecule has 0 saturated carbocycles. The molecule has 0 aliphatic heterocycles. The number of anilines is 3. The fourth-order valence-corrected chi connectivity index (χ4v) is 1.92. The third kappa shape index (κ3) is 2.80. The Balaban J connectivity index is 2.44. The fourth-order valence-electron chi connectivity index (χ4n) is 1.92. The van der Waals surface area contributed by atoms with E-state index < -0.39 is 0 Å². The number of hydrogen-bond acceptors (Lipinski definition) is 6. The number of hydrazine groups is 1. The van der Waals surface area contributed by atoms with Gasteiger partial charge in [0.15, 0.2) is 0 Å². The minimum atomic E-state index is 0.591. The molecule has 3 N–H and O–H groups in total. The summed E-state index contributed by atoms with van der Waals surface area (Å²) in [6.45, 7) is 2.00. The van der Waals surface area contributed by atoms with Crippen molar-refractivity contribution >= 4 is 17.3 Å².